The maximum Gasteiger partial charge on any atom is 0.408 e. The fraction of sp³-hybridized carbons (Fsp3) is 0.462. The van der Waals surface area contributed by atoms with Gasteiger partial charge in [0.2, 0.25) is 0 Å². The van der Waals surface area contributed by atoms with Gasteiger partial charge in [-0.1, -0.05) is 15.9 Å². The van der Waals surface area contributed by atoms with E-state index in [1.165, 1.54) is 0 Å². The third kappa shape index (κ3) is 4.56. The van der Waals surface area contributed by atoms with E-state index in [9.17, 15) is 9.90 Å². The standard InChI is InChI=1S/C13H18BrNO3/c1-8(15-12(17)18-13(2,3)4)10-7-9(16)5-6-11(10)14/h5-8,16H,1-4H3,(H,15,17)/t8-/m0/s1. The maximum absolute atomic E-state index is 11.6. The second-order valence-corrected chi connectivity index (χ2v) is 5.93. The van der Waals surface area contributed by atoms with Crippen LogP contribution in [0.1, 0.15) is 39.3 Å². The molecule has 0 unspecified atom stereocenters. The number of phenols is 1. The molecule has 1 aromatic carbocycles. The van der Waals surface area contributed by atoms with Crippen molar-refractivity contribution >= 4 is 22.0 Å². The van der Waals surface area contributed by atoms with Crippen LogP contribution in [0.5, 0.6) is 5.75 Å². The normalized spacial score (nSPS) is 12.9. The highest BCUT2D eigenvalue weighted by molar-refractivity contribution is 9.10. The summed E-state index contributed by atoms with van der Waals surface area (Å²) in [6.07, 6.45) is -0.481. The first kappa shape index (κ1) is 14.8. The highest BCUT2D eigenvalue weighted by Gasteiger charge is 2.19. The topological polar surface area (TPSA) is 58.6 Å². The number of halogens is 1. The number of carbonyl (C=O) groups is 1. The van der Waals surface area contributed by atoms with E-state index in [0.717, 1.165) is 10.0 Å². The zero-order valence-electron chi connectivity index (χ0n) is 11.0. The van der Waals surface area contributed by atoms with E-state index in [1.807, 2.05) is 27.7 Å². The summed E-state index contributed by atoms with van der Waals surface area (Å²) in [7, 11) is 0. The summed E-state index contributed by atoms with van der Waals surface area (Å²) < 4.78 is 6.00. The number of aromatic hydroxyl groups is 1. The summed E-state index contributed by atoms with van der Waals surface area (Å²) in [5.74, 6) is 0.158. The monoisotopic (exact) mass is 315 g/mol. The minimum absolute atomic E-state index is 0.158. The van der Waals surface area contributed by atoms with Crippen LogP contribution in [0.2, 0.25) is 0 Å². The second kappa shape index (κ2) is 5.61. The number of alkyl carbamates (subject to hydrolysis) is 1. The number of hydrogen-bond donors (Lipinski definition) is 2. The van der Waals surface area contributed by atoms with E-state index in [1.54, 1.807) is 18.2 Å². The second-order valence-electron chi connectivity index (χ2n) is 5.07. The Morgan fingerprint density at radius 2 is 2.06 bits per heavy atom. The largest absolute Gasteiger partial charge is 0.508 e. The van der Waals surface area contributed by atoms with E-state index < -0.39 is 11.7 Å². The Hall–Kier alpha value is -1.23. The molecule has 18 heavy (non-hydrogen) atoms. The molecule has 0 aromatic heterocycles. The van der Waals surface area contributed by atoms with Crippen LogP contribution in [0.3, 0.4) is 0 Å². The van der Waals surface area contributed by atoms with Crippen molar-refractivity contribution in [3.8, 4) is 5.75 Å². The molecular formula is C13H18BrNO3. The number of rotatable bonds is 2. The average molecular weight is 316 g/mol. The zero-order valence-corrected chi connectivity index (χ0v) is 12.5. The molecule has 0 bridgehead atoms. The van der Waals surface area contributed by atoms with Crippen LogP contribution in [-0.4, -0.2) is 16.8 Å². The lowest BCUT2D eigenvalue weighted by atomic mass is 10.1. The molecule has 0 saturated heterocycles. The lowest BCUT2D eigenvalue weighted by Gasteiger charge is -2.22. The summed E-state index contributed by atoms with van der Waals surface area (Å²) in [6, 6.07) is 4.65. The Morgan fingerprint density at radius 1 is 1.44 bits per heavy atom. The van der Waals surface area contributed by atoms with Crippen molar-refractivity contribution < 1.29 is 14.6 Å². The lowest BCUT2D eigenvalue weighted by Crippen LogP contribution is -2.34. The van der Waals surface area contributed by atoms with E-state index in [-0.39, 0.29) is 11.8 Å². The number of hydrogen-bond acceptors (Lipinski definition) is 3. The number of benzene rings is 1. The first-order chi connectivity index (χ1) is 8.19. The SMILES string of the molecule is C[C@H](NC(=O)OC(C)(C)C)c1cc(O)ccc1Br. The quantitative estimate of drug-likeness (QED) is 0.874. The maximum atomic E-state index is 11.6. The van der Waals surface area contributed by atoms with Crippen LogP contribution < -0.4 is 5.32 Å². The van der Waals surface area contributed by atoms with E-state index in [2.05, 4.69) is 21.2 Å². The summed E-state index contributed by atoms with van der Waals surface area (Å²) in [5, 5.41) is 12.2. The van der Waals surface area contributed by atoms with Gasteiger partial charge in [-0.15, -0.1) is 0 Å². The van der Waals surface area contributed by atoms with Crippen molar-refractivity contribution in [2.75, 3.05) is 0 Å². The van der Waals surface area contributed by atoms with Crippen LogP contribution in [0.15, 0.2) is 22.7 Å². The van der Waals surface area contributed by atoms with E-state index in [0.29, 0.717) is 0 Å². The Labute approximate surface area is 115 Å². The lowest BCUT2D eigenvalue weighted by molar-refractivity contribution is 0.0507. The molecule has 0 aliphatic rings. The smallest absolute Gasteiger partial charge is 0.408 e. The van der Waals surface area contributed by atoms with Gasteiger partial charge < -0.3 is 15.2 Å². The predicted molar refractivity (Wildman–Crippen MR) is 73.6 cm³/mol. The van der Waals surface area contributed by atoms with E-state index in [4.69, 9.17) is 4.74 Å². The number of nitrogens with one attached hydrogen (secondary N) is 1. The summed E-state index contributed by atoms with van der Waals surface area (Å²) >= 11 is 3.38. The molecule has 0 spiro atoms. The molecule has 1 aromatic rings. The van der Waals surface area contributed by atoms with Gasteiger partial charge in [-0.2, -0.15) is 0 Å². The van der Waals surface area contributed by atoms with Crippen LogP contribution in [0.25, 0.3) is 0 Å². The van der Waals surface area contributed by atoms with Gasteiger partial charge in [-0.05, 0) is 51.5 Å². The van der Waals surface area contributed by atoms with Crippen LogP contribution in [0, 0.1) is 0 Å². The van der Waals surface area contributed by atoms with Crippen molar-refractivity contribution in [1.82, 2.24) is 5.32 Å². The number of phenolic OH excluding ortho intramolecular Hbond substituents is 1. The summed E-state index contributed by atoms with van der Waals surface area (Å²) in [6.45, 7) is 7.24. The van der Waals surface area contributed by atoms with Crippen LogP contribution in [-0.2, 0) is 4.74 Å². The van der Waals surface area contributed by atoms with Gasteiger partial charge in [0.15, 0.2) is 0 Å². The molecule has 0 heterocycles. The molecule has 2 N–H and O–H groups in total. The Balaban J connectivity index is 2.73. The Morgan fingerprint density at radius 3 is 2.61 bits per heavy atom. The minimum Gasteiger partial charge on any atom is -0.508 e. The highest BCUT2D eigenvalue weighted by atomic mass is 79.9. The van der Waals surface area contributed by atoms with Gasteiger partial charge in [0.05, 0.1) is 6.04 Å². The molecule has 0 aliphatic heterocycles. The molecule has 4 nitrogen and oxygen atoms in total. The zero-order chi connectivity index (χ0) is 13.9. The van der Waals surface area contributed by atoms with Crippen LogP contribution in [0.4, 0.5) is 4.79 Å². The van der Waals surface area contributed by atoms with Gasteiger partial charge >= 0.3 is 6.09 Å². The van der Waals surface area contributed by atoms with Gasteiger partial charge in [0, 0.05) is 4.47 Å². The highest BCUT2D eigenvalue weighted by Crippen LogP contribution is 2.27. The Bertz CT molecular complexity index is 440. The molecule has 100 valence electrons. The molecule has 0 saturated carbocycles. The van der Waals surface area contributed by atoms with Crippen LogP contribution >= 0.6 is 15.9 Å². The molecule has 0 aliphatic carbocycles. The number of carbonyl (C=O) groups excluding carboxylic acids is 1. The first-order valence-corrected chi connectivity index (χ1v) is 6.46. The molecule has 5 heteroatoms. The average Bonchev–Trinajstić information content (AvgIpc) is 2.18. The molecular weight excluding hydrogens is 298 g/mol. The van der Waals surface area contributed by atoms with Crippen molar-refractivity contribution in [3.63, 3.8) is 0 Å². The van der Waals surface area contributed by atoms with Crippen molar-refractivity contribution in [2.45, 2.75) is 39.3 Å². The number of amides is 1. The predicted octanol–water partition coefficient (Wildman–Crippen LogP) is 3.74. The van der Waals surface area contributed by atoms with E-state index >= 15 is 0 Å². The minimum atomic E-state index is -0.528. The van der Waals surface area contributed by atoms with Crippen molar-refractivity contribution in [2.24, 2.45) is 0 Å². The summed E-state index contributed by atoms with van der Waals surface area (Å²) in [4.78, 5) is 11.6. The van der Waals surface area contributed by atoms with Gasteiger partial charge in [0.1, 0.15) is 11.4 Å². The van der Waals surface area contributed by atoms with Gasteiger partial charge in [-0.25, -0.2) is 4.79 Å². The third-order valence-corrected chi connectivity index (χ3v) is 2.90. The molecule has 1 rings (SSSR count). The van der Waals surface area contributed by atoms with Gasteiger partial charge in [-0.3, -0.25) is 0 Å². The van der Waals surface area contributed by atoms with Crippen molar-refractivity contribution in [1.29, 1.82) is 0 Å². The first-order valence-electron chi connectivity index (χ1n) is 5.67. The molecule has 1 amide bonds. The number of ether oxygens (including phenoxy) is 1. The molecule has 0 radical (unpaired) electrons. The third-order valence-electron chi connectivity index (χ3n) is 2.18. The fourth-order valence-electron chi connectivity index (χ4n) is 1.43. The Kier molecular flexibility index (Phi) is 4.62. The van der Waals surface area contributed by atoms with Crippen molar-refractivity contribution in [3.05, 3.63) is 28.2 Å². The molecule has 0 fully saturated rings. The fourth-order valence-corrected chi connectivity index (χ4v) is 2.02. The molecule has 1 atom stereocenters. The summed E-state index contributed by atoms with van der Waals surface area (Å²) in [5.41, 5.74) is 0.265. The van der Waals surface area contributed by atoms with Gasteiger partial charge in [0.25, 0.3) is 0 Å².